The Morgan fingerprint density at radius 2 is 2.16 bits per heavy atom. The van der Waals surface area contributed by atoms with E-state index in [1.165, 1.54) is 11.3 Å². The number of thiazole rings is 1. The van der Waals surface area contributed by atoms with Gasteiger partial charge in [0.1, 0.15) is 4.88 Å². The molecule has 9 heteroatoms. The minimum atomic E-state index is -0.0477. The maximum atomic E-state index is 12.8. The number of rotatable bonds is 7. The van der Waals surface area contributed by atoms with Crippen molar-refractivity contribution >= 4 is 48.0 Å². The van der Waals surface area contributed by atoms with E-state index in [0.29, 0.717) is 24.4 Å². The van der Waals surface area contributed by atoms with Crippen molar-refractivity contribution in [2.24, 2.45) is 5.73 Å². The van der Waals surface area contributed by atoms with Crippen LogP contribution in [0.5, 0.6) is 0 Å². The SMILES string of the molecule is CCCc1ncc(C(=O)N2CCCCC2CNC(=O)CCN)s1.Cl.Cl. The van der Waals surface area contributed by atoms with Crippen molar-refractivity contribution in [2.75, 3.05) is 19.6 Å². The number of nitrogens with one attached hydrogen (secondary N) is 1. The maximum absolute atomic E-state index is 12.8. The molecule has 0 spiro atoms. The molecule has 1 aliphatic heterocycles. The van der Waals surface area contributed by atoms with Gasteiger partial charge >= 0.3 is 0 Å². The highest BCUT2D eigenvalue weighted by molar-refractivity contribution is 7.13. The average Bonchev–Trinajstić information content (AvgIpc) is 3.02. The summed E-state index contributed by atoms with van der Waals surface area (Å²) in [5, 5.41) is 3.90. The number of aryl methyl sites for hydroxylation is 1. The van der Waals surface area contributed by atoms with Crippen LogP contribution in [-0.2, 0) is 11.2 Å². The summed E-state index contributed by atoms with van der Waals surface area (Å²) in [6.07, 6.45) is 6.99. The maximum Gasteiger partial charge on any atom is 0.265 e. The van der Waals surface area contributed by atoms with E-state index in [2.05, 4.69) is 17.2 Å². The van der Waals surface area contributed by atoms with Crippen LogP contribution in [0.4, 0.5) is 0 Å². The molecule has 1 saturated heterocycles. The zero-order chi connectivity index (χ0) is 16.7. The second-order valence-electron chi connectivity index (χ2n) is 5.86. The fourth-order valence-electron chi connectivity index (χ4n) is 2.81. The minimum Gasteiger partial charge on any atom is -0.354 e. The van der Waals surface area contributed by atoms with E-state index in [9.17, 15) is 9.59 Å². The Morgan fingerprint density at radius 1 is 1.40 bits per heavy atom. The van der Waals surface area contributed by atoms with Gasteiger partial charge in [-0.05, 0) is 32.1 Å². The molecule has 0 radical (unpaired) electrons. The first-order chi connectivity index (χ1) is 11.2. The molecule has 1 fully saturated rings. The Bertz CT molecular complexity index is 542. The zero-order valence-corrected chi connectivity index (χ0v) is 17.0. The summed E-state index contributed by atoms with van der Waals surface area (Å²) >= 11 is 1.49. The number of nitrogens with zero attached hydrogens (tertiary/aromatic N) is 2. The minimum absolute atomic E-state index is 0. The average molecular weight is 411 g/mol. The standard InChI is InChI=1S/C16H26N4O2S.2ClH/c1-2-5-15-19-11-13(23-15)16(22)20-9-4-3-6-12(20)10-18-14(21)7-8-17;;/h11-12H,2-10,17H2,1H3,(H,18,21);2*1H. The molecule has 0 saturated carbocycles. The molecule has 1 aromatic rings. The molecule has 2 heterocycles. The van der Waals surface area contributed by atoms with Crippen LogP contribution in [0, 0.1) is 0 Å². The molecule has 6 nitrogen and oxygen atoms in total. The quantitative estimate of drug-likeness (QED) is 0.721. The molecular weight excluding hydrogens is 383 g/mol. The molecule has 1 aliphatic rings. The highest BCUT2D eigenvalue weighted by Crippen LogP contribution is 2.22. The molecule has 2 rings (SSSR count). The van der Waals surface area contributed by atoms with Crippen molar-refractivity contribution in [1.82, 2.24) is 15.2 Å². The largest absolute Gasteiger partial charge is 0.354 e. The lowest BCUT2D eigenvalue weighted by Crippen LogP contribution is -2.49. The van der Waals surface area contributed by atoms with Crippen molar-refractivity contribution in [1.29, 1.82) is 0 Å². The number of carbonyl (C=O) groups is 2. The number of hydrogen-bond acceptors (Lipinski definition) is 5. The molecule has 1 atom stereocenters. The van der Waals surface area contributed by atoms with Crippen molar-refractivity contribution < 1.29 is 9.59 Å². The van der Waals surface area contributed by atoms with Gasteiger partial charge in [0.05, 0.1) is 11.2 Å². The van der Waals surface area contributed by atoms with Gasteiger partial charge in [0.15, 0.2) is 0 Å². The normalized spacial score (nSPS) is 16.6. The van der Waals surface area contributed by atoms with Crippen LogP contribution in [-0.4, -0.2) is 47.4 Å². The van der Waals surface area contributed by atoms with E-state index in [1.54, 1.807) is 6.20 Å². The molecular formula is C16H28Cl2N4O2S. The van der Waals surface area contributed by atoms with E-state index in [0.717, 1.165) is 43.7 Å². The second kappa shape index (κ2) is 12.5. The molecule has 0 aliphatic carbocycles. The van der Waals surface area contributed by atoms with E-state index < -0.39 is 0 Å². The summed E-state index contributed by atoms with van der Waals surface area (Å²) in [4.78, 5) is 31.3. The van der Waals surface area contributed by atoms with Gasteiger partial charge in [-0.2, -0.15) is 0 Å². The Hall–Kier alpha value is -0.890. The van der Waals surface area contributed by atoms with Gasteiger partial charge in [0.25, 0.3) is 5.91 Å². The third-order valence-electron chi connectivity index (χ3n) is 4.02. The van der Waals surface area contributed by atoms with Gasteiger partial charge in [-0.3, -0.25) is 9.59 Å². The summed E-state index contributed by atoms with van der Waals surface area (Å²) in [6, 6.07) is 0.0645. The number of nitrogens with two attached hydrogens (primary N) is 1. The number of piperidine rings is 1. The van der Waals surface area contributed by atoms with Crippen LogP contribution in [0.3, 0.4) is 0 Å². The Kier molecular flexibility index (Phi) is 12.0. The molecule has 144 valence electrons. The van der Waals surface area contributed by atoms with Gasteiger partial charge < -0.3 is 16.0 Å². The summed E-state index contributed by atoms with van der Waals surface area (Å²) in [5.41, 5.74) is 5.39. The van der Waals surface area contributed by atoms with Gasteiger partial charge in [-0.25, -0.2) is 4.98 Å². The number of aromatic nitrogens is 1. The fourth-order valence-corrected chi connectivity index (χ4v) is 3.79. The topological polar surface area (TPSA) is 88.3 Å². The molecule has 1 unspecified atom stereocenters. The third kappa shape index (κ3) is 7.09. The van der Waals surface area contributed by atoms with Crippen LogP contribution in [0.1, 0.15) is 53.7 Å². The zero-order valence-electron chi connectivity index (χ0n) is 14.5. The Labute approximate surface area is 165 Å². The van der Waals surface area contributed by atoms with Crippen molar-refractivity contribution in [2.45, 2.75) is 51.5 Å². The van der Waals surface area contributed by atoms with Crippen molar-refractivity contribution in [3.8, 4) is 0 Å². The number of halogens is 2. The van der Waals surface area contributed by atoms with Gasteiger partial charge in [0, 0.05) is 32.1 Å². The van der Waals surface area contributed by atoms with E-state index in [-0.39, 0.29) is 42.7 Å². The lowest BCUT2D eigenvalue weighted by molar-refractivity contribution is -0.121. The predicted octanol–water partition coefficient (Wildman–Crippen LogP) is 2.40. The highest BCUT2D eigenvalue weighted by atomic mass is 35.5. The number of carbonyl (C=O) groups excluding carboxylic acids is 2. The molecule has 25 heavy (non-hydrogen) atoms. The Balaban J connectivity index is 0.00000288. The molecule has 1 aromatic heterocycles. The summed E-state index contributed by atoms with van der Waals surface area (Å²) in [7, 11) is 0. The van der Waals surface area contributed by atoms with Crippen LogP contribution in [0.2, 0.25) is 0 Å². The van der Waals surface area contributed by atoms with Gasteiger partial charge in [-0.1, -0.05) is 6.92 Å². The molecule has 0 bridgehead atoms. The van der Waals surface area contributed by atoms with Crippen LogP contribution < -0.4 is 11.1 Å². The van der Waals surface area contributed by atoms with Gasteiger partial charge in [-0.15, -0.1) is 36.2 Å². The number of hydrogen-bond donors (Lipinski definition) is 2. The van der Waals surface area contributed by atoms with Crippen molar-refractivity contribution in [3.63, 3.8) is 0 Å². The monoisotopic (exact) mass is 410 g/mol. The molecule has 3 N–H and O–H groups in total. The first-order valence-electron chi connectivity index (χ1n) is 8.38. The first kappa shape index (κ1) is 24.1. The third-order valence-corrected chi connectivity index (χ3v) is 5.07. The highest BCUT2D eigenvalue weighted by Gasteiger charge is 2.28. The smallest absolute Gasteiger partial charge is 0.265 e. The van der Waals surface area contributed by atoms with Crippen LogP contribution in [0.15, 0.2) is 6.20 Å². The molecule has 0 aromatic carbocycles. The second-order valence-corrected chi connectivity index (χ2v) is 6.97. The number of likely N-dealkylation sites (tertiary alicyclic amines) is 1. The molecule has 2 amide bonds. The van der Waals surface area contributed by atoms with E-state index >= 15 is 0 Å². The summed E-state index contributed by atoms with van der Waals surface area (Å²) in [6.45, 7) is 3.70. The lowest BCUT2D eigenvalue weighted by atomic mass is 10.0. The van der Waals surface area contributed by atoms with E-state index in [4.69, 9.17) is 5.73 Å². The fraction of sp³-hybridized carbons (Fsp3) is 0.688. The predicted molar refractivity (Wildman–Crippen MR) is 106 cm³/mol. The van der Waals surface area contributed by atoms with Crippen molar-refractivity contribution in [3.05, 3.63) is 16.1 Å². The van der Waals surface area contributed by atoms with Crippen LogP contribution in [0.25, 0.3) is 0 Å². The number of amides is 2. The van der Waals surface area contributed by atoms with Gasteiger partial charge in [0.2, 0.25) is 5.91 Å². The first-order valence-corrected chi connectivity index (χ1v) is 9.19. The lowest BCUT2D eigenvalue weighted by Gasteiger charge is -2.35. The summed E-state index contributed by atoms with van der Waals surface area (Å²) in [5.74, 6) is -0.00359. The van der Waals surface area contributed by atoms with Crippen LogP contribution >= 0.6 is 36.2 Å². The Morgan fingerprint density at radius 3 is 2.84 bits per heavy atom. The van der Waals surface area contributed by atoms with E-state index in [1.807, 2.05) is 4.90 Å². The summed E-state index contributed by atoms with van der Waals surface area (Å²) < 4.78 is 0.